The van der Waals surface area contributed by atoms with Gasteiger partial charge >= 0.3 is 5.97 Å². The summed E-state index contributed by atoms with van der Waals surface area (Å²) in [5, 5.41) is 8.82. The second-order valence-electron chi connectivity index (χ2n) is 2.84. The molecule has 0 unspecified atom stereocenters. The number of methoxy groups -OCH3 is 1. The van der Waals surface area contributed by atoms with Crippen molar-refractivity contribution in [3.05, 3.63) is 23.3 Å². The summed E-state index contributed by atoms with van der Waals surface area (Å²) in [5.74, 6) is -1.39. The van der Waals surface area contributed by atoms with Crippen LogP contribution in [0.4, 0.5) is 0 Å². The van der Waals surface area contributed by atoms with Gasteiger partial charge in [-0.1, -0.05) is 0 Å². The van der Waals surface area contributed by atoms with Gasteiger partial charge in [-0.15, -0.1) is 0 Å². The zero-order valence-corrected chi connectivity index (χ0v) is 8.35. The maximum Gasteiger partial charge on any atom is 0.355 e. The molecule has 0 fully saturated rings. The lowest BCUT2D eigenvalue weighted by atomic mass is 10.1. The van der Waals surface area contributed by atoms with Gasteiger partial charge in [0.25, 0.3) is 0 Å². The Morgan fingerprint density at radius 3 is 2.67 bits per heavy atom. The van der Waals surface area contributed by atoms with E-state index >= 15 is 0 Å². The molecule has 0 spiro atoms. The highest BCUT2D eigenvalue weighted by molar-refractivity contribution is 6.03. The number of rotatable bonds is 4. The van der Waals surface area contributed by atoms with E-state index in [9.17, 15) is 9.59 Å². The Bertz CT molecular complexity index is 403. The molecule has 0 atom stereocenters. The van der Waals surface area contributed by atoms with Crippen molar-refractivity contribution in [3.63, 3.8) is 0 Å². The van der Waals surface area contributed by atoms with E-state index in [-0.39, 0.29) is 29.5 Å². The second-order valence-corrected chi connectivity index (χ2v) is 2.84. The van der Waals surface area contributed by atoms with Gasteiger partial charge in [-0.3, -0.25) is 4.79 Å². The number of hydrogen-bond acceptors (Lipinski definition) is 5. The lowest BCUT2D eigenvalue weighted by Gasteiger charge is -2.03. The van der Waals surface area contributed by atoms with Gasteiger partial charge in [-0.2, -0.15) is 0 Å². The molecule has 0 aromatic carbocycles. The Morgan fingerprint density at radius 1 is 1.53 bits per heavy atom. The van der Waals surface area contributed by atoms with Gasteiger partial charge in [-0.25, -0.2) is 14.8 Å². The molecule has 0 bridgehead atoms. The van der Waals surface area contributed by atoms with E-state index < -0.39 is 5.97 Å². The zero-order valence-electron chi connectivity index (χ0n) is 8.35. The normalized spacial score (nSPS) is 10.0. The van der Waals surface area contributed by atoms with Gasteiger partial charge in [0.05, 0.1) is 5.56 Å². The van der Waals surface area contributed by atoms with Crippen LogP contribution in [0.15, 0.2) is 6.20 Å². The molecule has 6 nitrogen and oxygen atoms in total. The van der Waals surface area contributed by atoms with Gasteiger partial charge in [0.15, 0.2) is 17.3 Å². The van der Waals surface area contributed by atoms with Crippen molar-refractivity contribution < 1.29 is 19.4 Å². The van der Waals surface area contributed by atoms with Crippen LogP contribution in [0.25, 0.3) is 0 Å². The minimum atomic E-state index is -1.25. The number of ether oxygens (including phenoxy) is 1. The molecule has 1 aromatic heterocycles. The highest BCUT2D eigenvalue weighted by Crippen LogP contribution is 2.07. The number of Topliss-reactive ketones (excluding diaryl/α,β-unsaturated/α-hetero) is 1. The summed E-state index contributed by atoms with van der Waals surface area (Å²) < 4.78 is 4.76. The van der Waals surface area contributed by atoms with Crippen LogP contribution in [0.2, 0.25) is 0 Å². The number of carboxylic acids is 1. The first kappa shape index (κ1) is 11.3. The van der Waals surface area contributed by atoms with E-state index in [2.05, 4.69) is 9.97 Å². The van der Waals surface area contributed by atoms with Gasteiger partial charge in [0, 0.05) is 13.3 Å². The monoisotopic (exact) mass is 210 g/mol. The number of carbonyl (C=O) groups is 2. The molecule has 0 aliphatic carbocycles. The molecule has 1 heterocycles. The van der Waals surface area contributed by atoms with Gasteiger partial charge in [-0.05, 0) is 6.92 Å². The largest absolute Gasteiger partial charge is 0.476 e. The summed E-state index contributed by atoms with van der Waals surface area (Å²) in [4.78, 5) is 29.4. The standard InChI is InChI=1S/C9H10N2O4/c1-5(12)6-3-10-7(4-15-2)11-8(6)9(13)14/h3H,4H2,1-2H3,(H,13,14). The first-order valence-corrected chi connectivity index (χ1v) is 4.15. The molecular weight excluding hydrogens is 200 g/mol. The van der Waals surface area contributed by atoms with E-state index in [1.807, 2.05) is 0 Å². The third-order valence-corrected chi connectivity index (χ3v) is 1.69. The predicted molar refractivity (Wildman–Crippen MR) is 49.7 cm³/mol. The minimum absolute atomic E-state index is 0.00218. The van der Waals surface area contributed by atoms with Crippen molar-refractivity contribution in [1.29, 1.82) is 0 Å². The van der Waals surface area contributed by atoms with Crippen molar-refractivity contribution in [2.24, 2.45) is 0 Å². The van der Waals surface area contributed by atoms with E-state index in [1.54, 1.807) is 0 Å². The first-order chi connectivity index (χ1) is 7.06. The summed E-state index contributed by atoms with van der Waals surface area (Å²) in [5.41, 5.74) is -0.285. The summed E-state index contributed by atoms with van der Waals surface area (Å²) in [7, 11) is 1.45. The molecule has 0 aliphatic rings. The molecule has 15 heavy (non-hydrogen) atoms. The van der Waals surface area contributed by atoms with E-state index in [0.717, 1.165) is 0 Å². The molecule has 0 aliphatic heterocycles. The van der Waals surface area contributed by atoms with Crippen LogP contribution >= 0.6 is 0 Å². The Balaban J connectivity index is 3.21. The summed E-state index contributed by atoms with van der Waals surface area (Å²) in [6.45, 7) is 1.37. The van der Waals surface area contributed by atoms with Crippen molar-refractivity contribution in [2.45, 2.75) is 13.5 Å². The Hall–Kier alpha value is -1.82. The fourth-order valence-corrected chi connectivity index (χ4v) is 1.04. The molecule has 80 valence electrons. The van der Waals surface area contributed by atoms with E-state index in [0.29, 0.717) is 0 Å². The van der Waals surface area contributed by atoms with Gasteiger partial charge in [0.2, 0.25) is 0 Å². The van der Waals surface area contributed by atoms with Crippen LogP contribution < -0.4 is 0 Å². The number of carboxylic acid groups (broad SMARTS) is 1. The summed E-state index contributed by atoms with van der Waals surface area (Å²) in [6, 6.07) is 0. The Morgan fingerprint density at radius 2 is 2.20 bits per heavy atom. The van der Waals surface area contributed by atoms with Gasteiger partial charge in [0.1, 0.15) is 6.61 Å². The molecule has 0 saturated heterocycles. The third-order valence-electron chi connectivity index (χ3n) is 1.69. The number of hydrogen-bond donors (Lipinski definition) is 1. The Kier molecular flexibility index (Phi) is 3.46. The van der Waals surface area contributed by atoms with E-state index in [1.165, 1.54) is 20.2 Å². The van der Waals surface area contributed by atoms with Crippen molar-refractivity contribution >= 4 is 11.8 Å². The molecule has 6 heteroatoms. The molecular formula is C9H10N2O4. The molecule has 0 amide bonds. The first-order valence-electron chi connectivity index (χ1n) is 4.15. The predicted octanol–water partition coefficient (Wildman–Crippen LogP) is 0.524. The highest BCUT2D eigenvalue weighted by Gasteiger charge is 2.16. The summed E-state index contributed by atoms with van der Waals surface area (Å²) >= 11 is 0. The number of ketones is 1. The number of aromatic nitrogens is 2. The fourth-order valence-electron chi connectivity index (χ4n) is 1.04. The maximum absolute atomic E-state index is 11.1. The highest BCUT2D eigenvalue weighted by atomic mass is 16.5. The molecule has 0 saturated carbocycles. The SMILES string of the molecule is COCc1ncc(C(C)=O)c(C(=O)O)n1. The van der Waals surface area contributed by atoms with Crippen molar-refractivity contribution in [3.8, 4) is 0 Å². The number of nitrogens with zero attached hydrogens (tertiary/aromatic N) is 2. The average Bonchev–Trinajstić information content (AvgIpc) is 2.17. The van der Waals surface area contributed by atoms with Crippen molar-refractivity contribution in [2.75, 3.05) is 7.11 Å². The van der Waals surface area contributed by atoms with Crippen LogP contribution in [0.1, 0.15) is 33.6 Å². The molecule has 1 aromatic rings. The molecule has 1 rings (SSSR count). The van der Waals surface area contributed by atoms with Crippen LogP contribution in [-0.4, -0.2) is 33.9 Å². The molecule has 1 N–H and O–H groups in total. The van der Waals surface area contributed by atoms with Crippen LogP contribution in [-0.2, 0) is 11.3 Å². The number of carbonyl (C=O) groups excluding carboxylic acids is 1. The fraction of sp³-hybridized carbons (Fsp3) is 0.333. The quantitative estimate of drug-likeness (QED) is 0.729. The third kappa shape index (κ3) is 2.57. The minimum Gasteiger partial charge on any atom is -0.476 e. The average molecular weight is 210 g/mol. The topological polar surface area (TPSA) is 89.4 Å². The van der Waals surface area contributed by atoms with Gasteiger partial charge < -0.3 is 9.84 Å². The Labute approximate surface area is 85.9 Å². The van der Waals surface area contributed by atoms with E-state index in [4.69, 9.17) is 9.84 Å². The maximum atomic E-state index is 11.1. The summed E-state index contributed by atoms with van der Waals surface area (Å²) in [6.07, 6.45) is 1.20. The van der Waals surface area contributed by atoms with Crippen molar-refractivity contribution in [1.82, 2.24) is 9.97 Å². The zero-order chi connectivity index (χ0) is 11.4. The van der Waals surface area contributed by atoms with Crippen LogP contribution in [0.3, 0.4) is 0 Å². The number of aromatic carboxylic acids is 1. The van der Waals surface area contributed by atoms with Crippen LogP contribution in [0, 0.1) is 0 Å². The smallest absolute Gasteiger partial charge is 0.355 e. The lowest BCUT2D eigenvalue weighted by molar-refractivity contribution is 0.0684. The van der Waals surface area contributed by atoms with Crippen LogP contribution in [0.5, 0.6) is 0 Å². The lowest BCUT2D eigenvalue weighted by Crippen LogP contribution is -2.12. The molecule has 0 radical (unpaired) electrons. The second kappa shape index (κ2) is 4.61.